The molecule has 2 aromatic carbocycles. The maximum atomic E-state index is 12.8. The SMILES string of the molecule is CCCn1c(SCC(=O)N[C@@H](C)c2ccc(C)c(C)c2)nc2ccccc2c1=O. The molecular weight excluding hydrogens is 382 g/mol. The highest BCUT2D eigenvalue weighted by atomic mass is 32.2. The fourth-order valence-corrected chi connectivity index (χ4v) is 4.05. The van der Waals surface area contributed by atoms with Crippen LogP contribution in [0.2, 0.25) is 0 Å². The van der Waals surface area contributed by atoms with Crippen molar-refractivity contribution in [3.05, 3.63) is 69.5 Å². The largest absolute Gasteiger partial charge is 0.349 e. The van der Waals surface area contributed by atoms with Gasteiger partial charge >= 0.3 is 0 Å². The van der Waals surface area contributed by atoms with E-state index < -0.39 is 0 Å². The van der Waals surface area contributed by atoms with Gasteiger partial charge < -0.3 is 5.32 Å². The van der Waals surface area contributed by atoms with E-state index in [-0.39, 0.29) is 23.3 Å². The molecule has 5 nitrogen and oxygen atoms in total. The van der Waals surface area contributed by atoms with Gasteiger partial charge in [-0.05, 0) is 56.0 Å². The van der Waals surface area contributed by atoms with E-state index in [1.54, 1.807) is 10.6 Å². The summed E-state index contributed by atoms with van der Waals surface area (Å²) in [4.78, 5) is 30.0. The molecule has 29 heavy (non-hydrogen) atoms. The Morgan fingerprint density at radius 3 is 2.66 bits per heavy atom. The zero-order valence-corrected chi connectivity index (χ0v) is 18.2. The number of nitrogens with zero attached hydrogens (tertiary/aromatic N) is 2. The number of nitrogens with one attached hydrogen (secondary N) is 1. The summed E-state index contributed by atoms with van der Waals surface area (Å²) in [6.07, 6.45) is 0.823. The third-order valence-corrected chi connectivity index (χ3v) is 5.99. The summed E-state index contributed by atoms with van der Waals surface area (Å²) in [5, 5.41) is 4.24. The predicted molar refractivity (Wildman–Crippen MR) is 119 cm³/mol. The van der Waals surface area contributed by atoms with Crippen molar-refractivity contribution < 1.29 is 4.79 Å². The number of para-hydroxylation sites is 1. The molecule has 1 N–H and O–H groups in total. The van der Waals surface area contributed by atoms with Crippen LogP contribution >= 0.6 is 11.8 Å². The van der Waals surface area contributed by atoms with Gasteiger partial charge in [-0.2, -0.15) is 0 Å². The van der Waals surface area contributed by atoms with Crippen molar-refractivity contribution in [2.24, 2.45) is 0 Å². The number of hydrogen-bond donors (Lipinski definition) is 1. The molecule has 3 aromatic rings. The molecule has 0 unspecified atom stereocenters. The Kier molecular flexibility index (Phi) is 6.75. The van der Waals surface area contributed by atoms with Crippen LogP contribution in [0.15, 0.2) is 52.4 Å². The lowest BCUT2D eigenvalue weighted by molar-refractivity contribution is -0.119. The molecule has 1 amide bonds. The molecule has 152 valence electrons. The zero-order chi connectivity index (χ0) is 21.0. The van der Waals surface area contributed by atoms with Crippen LogP contribution in [0.25, 0.3) is 10.9 Å². The predicted octanol–water partition coefficient (Wildman–Crippen LogP) is 4.39. The molecule has 0 saturated heterocycles. The van der Waals surface area contributed by atoms with Crippen LogP contribution in [0.5, 0.6) is 0 Å². The zero-order valence-electron chi connectivity index (χ0n) is 17.4. The number of aryl methyl sites for hydroxylation is 2. The Hall–Kier alpha value is -2.60. The molecule has 0 spiro atoms. The number of hydrogen-bond acceptors (Lipinski definition) is 4. The first-order valence-electron chi connectivity index (χ1n) is 9.89. The number of benzene rings is 2. The Balaban J connectivity index is 1.74. The smallest absolute Gasteiger partial charge is 0.262 e. The molecule has 0 saturated carbocycles. The van der Waals surface area contributed by atoms with Gasteiger partial charge in [0.15, 0.2) is 5.16 Å². The van der Waals surface area contributed by atoms with Crippen molar-refractivity contribution in [2.75, 3.05) is 5.75 Å². The summed E-state index contributed by atoms with van der Waals surface area (Å²) in [7, 11) is 0. The molecule has 1 heterocycles. The molecule has 0 bridgehead atoms. The summed E-state index contributed by atoms with van der Waals surface area (Å²) in [5.41, 5.74) is 4.14. The van der Waals surface area contributed by atoms with Crippen molar-refractivity contribution in [1.29, 1.82) is 0 Å². The summed E-state index contributed by atoms with van der Waals surface area (Å²) in [6.45, 7) is 8.73. The molecular formula is C23H27N3O2S. The fourth-order valence-electron chi connectivity index (χ4n) is 3.21. The highest BCUT2D eigenvalue weighted by Gasteiger charge is 2.15. The first-order valence-corrected chi connectivity index (χ1v) is 10.9. The van der Waals surface area contributed by atoms with E-state index in [2.05, 4.69) is 36.3 Å². The van der Waals surface area contributed by atoms with E-state index in [1.807, 2.05) is 38.1 Å². The normalized spacial score (nSPS) is 12.1. The summed E-state index contributed by atoms with van der Waals surface area (Å²) >= 11 is 1.31. The highest BCUT2D eigenvalue weighted by molar-refractivity contribution is 7.99. The molecule has 1 aromatic heterocycles. The first-order chi connectivity index (χ1) is 13.9. The molecule has 0 radical (unpaired) electrons. The average Bonchev–Trinajstić information content (AvgIpc) is 2.71. The minimum Gasteiger partial charge on any atom is -0.349 e. The molecule has 0 fully saturated rings. The minimum absolute atomic E-state index is 0.0520. The van der Waals surface area contributed by atoms with Crippen LogP contribution in [0.4, 0.5) is 0 Å². The van der Waals surface area contributed by atoms with Crippen molar-refractivity contribution in [3.63, 3.8) is 0 Å². The molecule has 3 rings (SSSR count). The van der Waals surface area contributed by atoms with Gasteiger partial charge in [0, 0.05) is 6.54 Å². The van der Waals surface area contributed by atoms with Gasteiger partial charge in [0.1, 0.15) is 0 Å². The van der Waals surface area contributed by atoms with Gasteiger partial charge in [0.2, 0.25) is 5.91 Å². The van der Waals surface area contributed by atoms with Gasteiger partial charge in [-0.1, -0.05) is 49.0 Å². The third kappa shape index (κ3) is 4.88. The monoisotopic (exact) mass is 409 g/mol. The third-order valence-electron chi connectivity index (χ3n) is 5.01. The summed E-state index contributed by atoms with van der Waals surface area (Å²) in [6, 6.07) is 13.5. The minimum atomic E-state index is -0.0789. The maximum absolute atomic E-state index is 12.8. The fraction of sp³-hybridized carbons (Fsp3) is 0.348. The van der Waals surface area contributed by atoms with Crippen LogP contribution in [0.3, 0.4) is 0 Å². The van der Waals surface area contributed by atoms with Gasteiger partial charge in [0.05, 0.1) is 22.7 Å². The van der Waals surface area contributed by atoms with Gasteiger partial charge in [-0.25, -0.2) is 4.98 Å². The van der Waals surface area contributed by atoms with Crippen molar-refractivity contribution in [2.45, 2.75) is 51.9 Å². The quantitative estimate of drug-likeness (QED) is 0.464. The lowest BCUT2D eigenvalue weighted by Crippen LogP contribution is -2.29. The van der Waals surface area contributed by atoms with Gasteiger partial charge in [-0.15, -0.1) is 0 Å². The molecule has 6 heteroatoms. The second-order valence-electron chi connectivity index (χ2n) is 7.29. The standard InChI is InChI=1S/C23H27N3O2S/c1-5-12-26-22(28)19-8-6-7-9-20(19)25-23(26)29-14-21(27)24-17(4)18-11-10-15(2)16(3)13-18/h6-11,13,17H,5,12,14H2,1-4H3,(H,24,27)/t17-/m0/s1. The van der Waals surface area contributed by atoms with Crippen LogP contribution in [-0.4, -0.2) is 21.2 Å². The average molecular weight is 410 g/mol. The van der Waals surface area contributed by atoms with Crippen LogP contribution in [0.1, 0.15) is 43.0 Å². The lowest BCUT2D eigenvalue weighted by Gasteiger charge is -2.16. The van der Waals surface area contributed by atoms with Crippen LogP contribution in [0, 0.1) is 13.8 Å². The van der Waals surface area contributed by atoms with E-state index >= 15 is 0 Å². The number of carbonyl (C=O) groups excluding carboxylic acids is 1. The van der Waals surface area contributed by atoms with E-state index in [0.717, 1.165) is 12.0 Å². The first kappa shape index (κ1) is 21.1. The Bertz CT molecular complexity index is 1090. The Labute approximate surface area is 175 Å². The number of carbonyl (C=O) groups is 1. The Morgan fingerprint density at radius 2 is 1.93 bits per heavy atom. The van der Waals surface area contributed by atoms with Crippen LogP contribution in [-0.2, 0) is 11.3 Å². The second kappa shape index (κ2) is 9.27. The van der Waals surface area contributed by atoms with Gasteiger partial charge in [-0.3, -0.25) is 14.2 Å². The number of amides is 1. The van der Waals surface area contributed by atoms with E-state index in [9.17, 15) is 9.59 Å². The topological polar surface area (TPSA) is 64.0 Å². The van der Waals surface area contributed by atoms with Crippen molar-refractivity contribution >= 4 is 28.6 Å². The second-order valence-corrected chi connectivity index (χ2v) is 8.23. The van der Waals surface area contributed by atoms with E-state index in [1.165, 1.54) is 22.9 Å². The molecule has 0 aliphatic carbocycles. The number of thioether (sulfide) groups is 1. The van der Waals surface area contributed by atoms with Gasteiger partial charge in [0.25, 0.3) is 5.56 Å². The van der Waals surface area contributed by atoms with Crippen molar-refractivity contribution in [3.8, 4) is 0 Å². The molecule has 0 aliphatic rings. The summed E-state index contributed by atoms with van der Waals surface area (Å²) in [5.74, 6) is 0.134. The van der Waals surface area contributed by atoms with Crippen molar-refractivity contribution in [1.82, 2.24) is 14.9 Å². The molecule has 0 aliphatic heterocycles. The van der Waals surface area contributed by atoms with E-state index in [4.69, 9.17) is 0 Å². The number of rotatable bonds is 7. The van der Waals surface area contributed by atoms with E-state index in [0.29, 0.717) is 22.6 Å². The lowest BCUT2D eigenvalue weighted by atomic mass is 10.0. The van der Waals surface area contributed by atoms with Crippen LogP contribution < -0.4 is 10.9 Å². The molecule has 1 atom stereocenters. The summed E-state index contributed by atoms with van der Waals surface area (Å²) < 4.78 is 1.67. The number of fused-ring (bicyclic) bond motifs is 1. The Morgan fingerprint density at radius 1 is 1.17 bits per heavy atom. The highest BCUT2D eigenvalue weighted by Crippen LogP contribution is 2.20. The number of aromatic nitrogens is 2. The maximum Gasteiger partial charge on any atom is 0.262 e.